The molecule has 0 aliphatic carbocycles. The first-order valence-electron chi connectivity index (χ1n) is 6.10. The van der Waals surface area contributed by atoms with E-state index >= 15 is 0 Å². The van der Waals surface area contributed by atoms with Gasteiger partial charge in [-0.25, -0.2) is 15.0 Å². The minimum absolute atomic E-state index is 0.0542. The number of aliphatic hydroxyl groups is 1. The predicted octanol–water partition coefficient (Wildman–Crippen LogP) is -0.892. The quantitative estimate of drug-likeness (QED) is 0.686. The Labute approximate surface area is 108 Å². The lowest BCUT2D eigenvalue weighted by Crippen LogP contribution is -2.30. The molecule has 8 heteroatoms. The number of fused-ring (bicyclic) bond motifs is 2. The van der Waals surface area contributed by atoms with Crippen molar-refractivity contribution in [1.82, 2.24) is 19.5 Å². The van der Waals surface area contributed by atoms with Crippen molar-refractivity contribution in [3.05, 3.63) is 12.7 Å². The summed E-state index contributed by atoms with van der Waals surface area (Å²) in [6, 6.07) is -0.0542. The molecule has 19 heavy (non-hydrogen) atoms. The first-order chi connectivity index (χ1) is 9.25. The number of nitrogens with zero attached hydrogens (tertiary/aromatic N) is 4. The van der Waals surface area contributed by atoms with Crippen molar-refractivity contribution in [2.45, 2.75) is 24.4 Å². The van der Waals surface area contributed by atoms with Crippen LogP contribution in [0.15, 0.2) is 12.7 Å². The average molecular weight is 263 g/mol. The van der Waals surface area contributed by atoms with E-state index in [1.165, 1.54) is 6.33 Å². The first kappa shape index (κ1) is 11.1. The lowest BCUT2D eigenvalue weighted by atomic mass is 10.1. The van der Waals surface area contributed by atoms with E-state index < -0.39 is 6.10 Å². The summed E-state index contributed by atoms with van der Waals surface area (Å²) >= 11 is 0. The van der Waals surface area contributed by atoms with Crippen LogP contribution in [0.2, 0.25) is 0 Å². The van der Waals surface area contributed by atoms with E-state index in [2.05, 4.69) is 15.0 Å². The van der Waals surface area contributed by atoms with Gasteiger partial charge in [0.15, 0.2) is 11.5 Å². The number of aliphatic hydroxyl groups excluding tert-OH is 1. The molecular formula is C11H13N5O3. The molecule has 0 saturated carbocycles. The van der Waals surface area contributed by atoms with Gasteiger partial charge in [0, 0.05) is 0 Å². The number of hydrogen-bond acceptors (Lipinski definition) is 7. The fourth-order valence-electron chi connectivity index (χ4n) is 2.81. The van der Waals surface area contributed by atoms with E-state index in [4.69, 9.17) is 15.2 Å². The fourth-order valence-corrected chi connectivity index (χ4v) is 2.81. The Hall–Kier alpha value is -1.77. The van der Waals surface area contributed by atoms with Crippen molar-refractivity contribution in [3.8, 4) is 0 Å². The van der Waals surface area contributed by atoms with Gasteiger partial charge in [0.05, 0.1) is 25.6 Å². The SMILES string of the molecule is Nc1ncnc2c1ncn2[C@@H]1COC2C1OC[C@@H]2O. The maximum Gasteiger partial charge on any atom is 0.165 e. The van der Waals surface area contributed by atoms with Crippen LogP contribution in [-0.4, -0.2) is 56.2 Å². The van der Waals surface area contributed by atoms with Crippen LogP contribution in [-0.2, 0) is 9.47 Å². The van der Waals surface area contributed by atoms with Gasteiger partial charge in [-0.3, -0.25) is 0 Å². The van der Waals surface area contributed by atoms with Gasteiger partial charge in [-0.15, -0.1) is 0 Å². The highest BCUT2D eigenvalue weighted by molar-refractivity contribution is 5.81. The summed E-state index contributed by atoms with van der Waals surface area (Å²) < 4.78 is 13.1. The second-order valence-electron chi connectivity index (χ2n) is 4.81. The molecule has 8 nitrogen and oxygen atoms in total. The van der Waals surface area contributed by atoms with Crippen LogP contribution in [0.3, 0.4) is 0 Å². The monoisotopic (exact) mass is 263 g/mol. The molecular weight excluding hydrogens is 250 g/mol. The molecule has 2 aliphatic rings. The van der Waals surface area contributed by atoms with Gasteiger partial charge in [0.25, 0.3) is 0 Å². The van der Waals surface area contributed by atoms with Gasteiger partial charge in [0.2, 0.25) is 0 Å². The predicted molar refractivity (Wildman–Crippen MR) is 64.3 cm³/mol. The van der Waals surface area contributed by atoms with E-state index in [9.17, 15) is 5.11 Å². The normalized spacial score (nSPS) is 33.9. The van der Waals surface area contributed by atoms with Crippen LogP contribution in [0.25, 0.3) is 11.2 Å². The molecule has 100 valence electrons. The van der Waals surface area contributed by atoms with Crippen molar-refractivity contribution in [3.63, 3.8) is 0 Å². The summed E-state index contributed by atoms with van der Waals surface area (Å²) in [5.74, 6) is 0.353. The Balaban J connectivity index is 1.77. The number of aromatic nitrogens is 4. The van der Waals surface area contributed by atoms with Crippen molar-refractivity contribution < 1.29 is 14.6 Å². The third-order valence-corrected chi connectivity index (χ3v) is 3.75. The third-order valence-electron chi connectivity index (χ3n) is 3.75. The molecule has 2 aromatic heterocycles. The molecule has 0 bridgehead atoms. The second kappa shape index (κ2) is 3.86. The molecule has 2 aliphatic heterocycles. The van der Waals surface area contributed by atoms with Crippen LogP contribution in [0.4, 0.5) is 5.82 Å². The Morgan fingerprint density at radius 2 is 2.05 bits per heavy atom. The van der Waals surface area contributed by atoms with Gasteiger partial charge in [0.1, 0.15) is 30.2 Å². The molecule has 4 atom stereocenters. The van der Waals surface area contributed by atoms with Gasteiger partial charge in [-0.1, -0.05) is 0 Å². The summed E-state index contributed by atoms with van der Waals surface area (Å²) in [7, 11) is 0. The Kier molecular flexibility index (Phi) is 2.25. The minimum Gasteiger partial charge on any atom is -0.388 e. The summed E-state index contributed by atoms with van der Waals surface area (Å²) in [4.78, 5) is 12.4. The standard InChI is InChI=1S/C11H13N5O3/c12-10-7-11(14-3-13-10)16(4-15-7)5-1-18-9-6(17)2-19-8(5)9/h3-6,8-9,17H,1-2H2,(H2,12,13,14)/t5-,6+,8?,9?/m1/s1. The molecule has 3 N–H and O–H groups in total. The highest BCUT2D eigenvalue weighted by Crippen LogP contribution is 2.35. The fraction of sp³-hybridized carbons (Fsp3) is 0.545. The van der Waals surface area contributed by atoms with Gasteiger partial charge < -0.3 is 24.9 Å². The van der Waals surface area contributed by atoms with Crippen LogP contribution < -0.4 is 5.73 Å². The summed E-state index contributed by atoms with van der Waals surface area (Å²) in [6.07, 6.45) is 2.06. The van der Waals surface area contributed by atoms with Gasteiger partial charge in [-0.2, -0.15) is 0 Å². The van der Waals surface area contributed by atoms with Crippen molar-refractivity contribution in [2.75, 3.05) is 18.9 Å². The molecule has 4 rings (SSSR count). The second-order valence-corrected chi connectivity index (χ2v) is 4.81. The number of ether oxygens (including phenoxy) is 2. The van der Waals surface area contributed by atoms with Crippen molar-refractivity contribution in [2.24, 2.45) is 0 Å². The minimum atomic E-state index is -0.565. The lowest BCUT2D eigenvalue weighted by Gasteiger charge is -2.17. The highest BCUT2D eigenvalue weighted by atomic mass is 16.6. The van der Waals surface area contributed by atoms with E-state index in [1.54, 1.807) is 6.33 Å². The molecule has 0 aromatic carbocycles. The van der Waals surface area contributed by atoms with E-state index in [0.717, 1.165) is 0 Å². The topological polar surface area (TPSA) is 108 Å². The first-order valence-corrected chi connectivity index (χ1v) is 6.10. The molecule has 0 radical (unpaired) electrons. The largest absolute Gasteiger partial charge is 0.388 e. The highest BCUT2D eigenvalue weighted by Gasteiger charge is 2.48. The van der Waals surface area contributed by atoms with Crippen LogP contribution >= 0.6 is 0 Å². The smallest absolute Gasteiger partial charge is 0.165 e. The van der Waals surface area contributed by atoms with E-state index in [-0.39, 0.29) is 18.2 Å². The maximum atomic E-state index is 9.75. The van der Waals surface area contributed by atoms with E-state index in [0.29, 0.717) is 30.2 Å². The Morgan fingerprint density at radius 3 is 2.95 bits per heavy atom. The number of nitrogens with two attached hydrogens (primary N) is 1. The summed E-state index contributed by atoms with van der Waals surface area (Å²) in [6.45, 7) is 0.761. The molecule has 2 unspecified atom stereocenters. The molecule has 0 spiro atoms. The van der Waals surface area contributed by atoms with Gasteiger partial charge in [-0.05, 0) is 0 Å². The zero-order valence-electron chi connectivity index (χ0n) is 10.0. The zero-order valence-corrected chi connectivity index (χ0v) is 10.0. The average Bonchev–Trinajstić information content (AvgIpc) is 3.06. The Bertz CT molecular complexity index is 630. The molecule has 2 saturated heterocycles. The van der Waals surface area contributed by atoms with Crippen molar-refractivity contribution in [1.29, 1.82) is 0 Å². The van der Waals surface area contributed by atoms with Crippen molar-refractivity contribution >= 4 is 17.0 Å². The molecule has 0 amide bonds. The van der Waals surface area contributed by atoms with Crippen LogP contribution in [0.5, 0.6) is 0 Å². The lowest BCUT2D eigenvalue weighted by molar-refractivity contribution is 0.0173. The molecule has 4 heterocycles. The van der Waals surface area contributed by atoms with Crippen LogP contribution in [0.1, 0.15) is 6.04 Å². The number of rotatable bonds is 1. The molecule has 2 aromatic rings. The maximum absolute atomic E-state index is 9.75. The molecule has 2 fully saturated rings. The van der Waals surface area contributed by atoms with E-state index in [1.807, 2.05) is 4.57 Å². The summed E-state index contributed by atoms with van der Waals surface area (Å²) in [5.41, 5.74) is 7.00. The third kappa shape index (κ3) is 1.47. The summed E-state index contributed by atoms with van der Waals surface area (Å²) in [5, 5.41) is 9.75. The van der Waals surface area contributed by atoms with Crippen LogP contribution in [0, 0.1) is 0 Å². The van der Waals surface area contributed by atoms with Gasteiger partial charge >= 0.3 is 0 Å². The number of anilines is 1. The number of hydrogen-bond donors (Lipinski definition) is 2. The number of nitrogen functional groups attached to an aromatic ring is 1. The Morgan fingerprint density at radius 1 is 1.21 bits per heavy atom. The number of imidazole rings is 1. The zero-order chi connectivity index (χ0) is 13.0.